The Kier molecular flexibility index (Phi) is 3.78. The van der Waals surface area contributed by atoms with Gasteiger partial charge in [0.05, 0.1) is 18.5 Å². The average Bonchev–Trinajstić information content (AvgIpc) is 2.82. The van der Waals surface area contributed by atoms with Gasteiger partial charge in [0.25, 0.3) is 5.91 Å². The molecule has 1 amide bonds. The van der Waals surface area contributed by atoms with Crippen LogP contribution in [0.2, 0.25) is 0 Å². The number of fused-ring (bicyclic) bond motifs is 1. The van der Waals surface area contributed by atoms with Crippen molar-refractivity contribution in [2.45, 2.75) is 20.8 Å². The molecule has 118 valence electrons. The van der Waals surface area contributed by atoms with Crippen LogP contribution in [0.25, 0.3) is 5.65 Å². The molecule has 0 bridgehead atoms. The lowest BCUT2D eigenvalue weighted by molar-refractivity contribution is 0.102. The van der Waals surface area contributed by atoms with E-state index in [1.165, 1.54) is 0 Å². The number of nitrogens with zero attached hydrogens (tertiary/aromatic N) is 2. The summed E-state index contributed by atoms with van der Waals surface area (Å²) in [4.78, 5) is 17.2. The van der Waals surface area contributed by atoms with Crippen LogP contribution in [0.1, 0.15) is 27.3 Å². The zero-order valence-electron chi connectivity index (χ0n) is 13.7. The fourth-order valence-electron chi connectivity index (χ4n) is 2.64. The number of hydrogen-bond donors (Lipinski definition) is 1. The summed E-state index contributed by atoms with van der Waals surface area (Å²) in [7, 11) is 1.59. The van der Waals surface area contributed by atoms with E-state index in [0.29, 0.717) is 22.8 Å². The predicted octanol–water partition coefficient (Wildman–Crippen LogP) is 3.52. The van der Waals surface area contributed by atoms with Crippen LogP contribution in [0.4, 0.5) is 5.69 Å². The summed E-state index contributed by atoms with van der Waals surface area (Å²) in [6, 6.07) is 9.58. The molecule has 1 aromatic carbocycles. The molecule has 0 atom stereocenters. The number of rotatable bonds is 3. The van der Waals surface area contributed by atoms with Crippen LogP contribution in [-0.4, -0.2) is 22.4 Å². The minimum Gasteiger partial charge on any atom is -0.495 e. The van der Waals surface area contributed by atoms with Gasteiger partial charge in [-0.2, -0.15) is 0 Å². The first-order valence-electron chi connectivity index (χ1n) is 7.41. The maximum Gasteiger partial charge on any atom is 0.274 e. The summed E-state index contributed by atoms with van der Waals surface area (Å²) >= 11 is 0. The Morgan fingerprint density at radius 1 is 1.13 bits per heavy atom. The Labute approximate surface area is 134 Å². The van der Waals surface area contributed by atoms with Gasteiger partial charge in [-0.1, -0.05) is 6.07 Å². The maximum absolute atomic E-state index is 12.7. The van der Waals surface area contributed by atoms with E-state index in [2.05, 4.69) is 10.3 Å². The fraction of sp³-hybridized carbons (Fsp3) is 0.222. The molecular formula is C18H19N3O2. The number of carbonyl (C=O) groups excluding carboxylic acids is 1. The van der Waals surface area contributed by atoms with Crippen molar-refractivity contribution in [3.63, 3.8) is 0 Å². The van der Waals surface area contributed by atoms with Crippen molar-refractivity contribution in [2.24, 2.45) is 0 Å². The van der Waals surface area contributed by atoms with E-state index >= 15 is 0 Å². The number of anilines is 1. The molecule has 0 unspecified atom stereocenters. The SMILES string of the molecule is COc1ccc(C)cc1NC(=O)c1c(C)nc2cc(C)ccn12. The number of amides is 1. The molecule has 0 aliphatic carbocycles. The van der Waals surface area contributed by atoms with E-state index < -0.39 is 0 Å². The quantitative estimate of drug-likeness (QED) is 0.805. The summed E-state index contributed by atoms with van der Waals surface area (Å²) in [6.45, 7) is 5.81. The zero-order chi connectivity index (χ0) is 16.6. The van der Waals surface area contributed by atoms with Gasteiger partial charge in [-0.25, -0.2) is 4.98 Å². The van der Waals surface area contributed by atoms with E-state index in [-0.39, 0.29) is 5.91 Å². The molecule has 0 spiro atoms. The van der Waals surface area contributed by atoms with Gasteiger partial charge >= 0.3 is 0 Å². The molecule has 0 aliphatic heterocycles. The fourth-order valence-corrected chi connectivity index (χ4v) is 2.64. The lowest BCUT2D eigenvalue weighted by Crippen LogP contribution is -2.16. The molecule has 2 aromatic heterocycles. The summed E-state index contributed by atoms with van der Waals surface area (Å²) < 4.78 is 7.12. The first-order valence-corrected chi connectivity index (χ1v) is 7.41. The van der Waals surface area contributed by atoms with Gasteiger partial charge < -0.3 is 10.1 Å². The third kappa shape index (κ3) is 2.77. The molecule has 0 saturated heterocycles. The molecule has 1 N–H and O–H groups in total. The molecule has 5 nitrogen and oxygen atoms in total. The normalized spacial score (nSPS) is 10.8. The number of benzene rings is 1. The van der Waals surface area contributed by atoms with Gasteiger partial charge in [0.1, 0.15) is 17.1 Å². The lowest BCUT2D eigenvalue weighted by Gasteiger charge is -2.11. The van der Waals surface area contributed by atoms with Gasteiger partial charge in [0, 0.05) is 6.20 Å². The monoisotopic (exact) mass is 309 g/mol. The largest absolute Gasteiger partial charge is 0.495 e. The second-order valence-corrected chi connectivity index (χ2v) is 5.64. The standard InChI is InChI=1S/C18H19N3O2/c1-11-5-6-15(23-4)14(9-11)20-18(22)17-13(3)19-16-10-12(2)7-8-21(16)17/h5-10H,1-4H3,(H,20,22). The van der Waals surface area contributed by atoms with Crippen LogP contribution in [0.5, 0.6) is 5.75 Å². The number of hydrogen-bond acceptors (Lipinski definition) is 3. The Morgan fingerprint density at radius 2 is 1.87 bits per heavy atom. The Morgan fingerprint density at radius 3 is 2.61 bits per heavy atom. The molecule has 0 aliphatic rings. The molecule has 23 heavy (non-hydrogen) atoms. The predicted molar refractivity (Wildman–Crippen MR) is 90.4 cm³/mol. The van der Waals surface area contributed by atoms with Crippen LogP contribution in [0, 0.1) is 20.8 Å². The molecule has 0 saturated carbocycles. The van der Waals surface area contributed by atoms with Crippen molar-refractivity contribution >= 4 is 17.2 Å². The topological polar surface area (TPSA) is 55.6 Å². The molecule has 5 heteroatoms. The van der Waals surface area contributed by atoms with Crippen LogP contribution < -0.4 is 10.1 Å². The maximum atomic E-state index is 12.7. The summed E-state index contributed by atoms with van der Waals surface area (Å²) in [5.41, 5.74) is 4.80. The second-order valence-electron chi connectivity index (χ2n) is 5.64. The number of carbonyl (C=O) groups is 1. The summed E-state index contributed by atoms with van der Waals surface area (Å²) in [5, 5.41) is 2.93. The van der Waals surface area contributed by atoms with Gasteiger partial charge in [0.2, 0.25) is 0 Å². The average molecular weight is 309 g/mol. The first-order chi connectivity index (χ1) is 11.0. The zero-order valence-corrected chi connectivity index (χ0v) is 13.7. The minimum absolute atomic E-state index is 0.206. The first kappa shape index (κ1) is 15.1. The number of imidazole rings is 1. The summed E-state index contributed by atoms with van der Waals surface area (Å²) in [6.07, 6.45) is 1.87. The van der Waals surface area contributed by atoms with Crippen molar-refractivity contribution in [3.8, 4) is 5.75 Å². The van der Waals surface area contributed by atoms with Gasteiger partial charge in [0.15, 0.2) is 0 Å². The van der Waals surface area contributed by atoms with Crippen LogP contribution in [0.15, 0.2) is 36.5 Å². The molecule has 3 rings (SSSR count). The van der Waals surface area contributed by atoms with E-state index in [1.54, 1.807) is 11.5 Å². The highest BCUT2D eigenvalue weighted by molar-refractivity contribution is 6.05. The number of pyridine rings is 1. The lowest BCUT2D eigenvalue weighted by atomic mass is 10.2. The van der Waals surface area contributed by atoms with Crippen LogP contribution in [-0.2, 0) is 0 Å². The second kappa shape index (κ2) is 5.76. The van der Waals surface area contributed by atoms with Crippen molar-refractivity contribution < 1.29 is 9.53 Å². The van der Waals surface area contributed by atoms with Gasteiger partial charge in [-0.05, 0) is 56.2 Å². The Hall–Kier alpha value is -2.82. The van der Waals surface area contributed by atoms with Gasteiger partial charge in [-0.3, -0.25) is 9.20 Å². The number of nitrogens with one attached hydrogen (secondary N) is 1. The van der Waals surface area contributed by atoms with Gasteiger partial charge in [-0.15, -0.1) is 0 Å². The highest BCUT2D eigenvalue weighted by atomic mass is 16.5. The van der Waals surface area contributed by atoms with Crippen molar-refractivity contribution in [1.29, 1.82) is 0 Å². The highest BCUT2D eigenvalue weighted by Gasteiger charge is 2.18. The third-order valence-electron chi connectivity index (χ3n) is 3.77. The number of methoxy groups -OCH3 is 1. The third-order valence-corrected chi connectivity index (χ3v) is 3.77. The van der Waals surface area contributed by atoms with Crippen LogP contribution >= 0.6 is 0 Å². The van der Waals surface area contributed by atoms with E-state index in [9.17, 15) is 4.79 Å². The smallest absolute Gasteiger partial charge is 0.274 e. The molecule has 3 aromatic rings. The van der Waals surface area contributed by atoms with E-state index in [4.69, 9.17) is 4.74 Å². The van der Waals surface area contributed by atoms with Crippen molar-refractivity contribution in [3.05, 3.63) is 59.0 Å². The van der Waals surface area contributed by atoms with Crippen molar-refractivity contribution in [1.82, 2.24) is 9.38 Å². The minimum atomic E-state index is -0.206. The molecular weight excluding hydrogens is 290 g/mol. The Balaban J connectivity index is 2.02. The number of ether oxygens (including phenoxy) is 1. The van der Waals surface area contributed by atoms with Crippen molar-refractivity contribution in [2.75, 3.05) is 12.4 Å². The molecule has 2 heterocycles. The van der Waals surface area contributed by atoms with Crippen LogP contribution in [0.3, 0.4) is 0 Å². The summed E-state index contributed by atoms with van der Waals surface area (Å²) in [5.74, 6) is 0.425. The number of aromatic nitrogens is 2. The molecule has 0 fully saturated rings. The highest BCUT2D eigenvalue weighted by Crippen LogP contribution is 2.26. The Bertz CT molecular complexity index is 897. The van der Waals surface area contributed by atoms with E-state index in [0.717, 1.165) is 16.8 Å². The molecule has 0 radical (unpaired) electrons. The number of aryl methyl sites for hydroxylation is 3. The van der Waals surface area contributed by atoms with E-state index in [1.807, 2.05) is 57.3 Å².